The third kappa shape index (κ3) is 3.40. The molecule has 0 amide bonds. The van der Waals surface area contributed by atoms with E-state index in [2.05, 4.69) is 142 Å². The van der Waals surface area contributed by atoms with Crippen LogP contribution in [0.3, 0.4) is 0 Å². The molecule has 188 valence electrons. The van der Waals surface area contributed by atoms with Crippen molar-refractivity contribution in [3.8, 4) is 5.69 Å². The minimum atomic E-state index is 0.0475. The van der Waals surface area contributed by atoms with Gasteiger partial charge in [-0.15, -0.1) is 0 Å². The van der Waals surface area contributed by atoms with E-state index in [9.17, 15) is 0 Å². The van der Waals surface area contributed by atoms with E-state index in [0.717, 1.165) is 0 Å². The van der Waals surface area contributed by atoms with Gasteiger partial charge in [0, 0.05) is 38.3 Å². The van der Waals surface area contributed by atoms with E-state index < -0.39 is 0 Å². The lowest BCUT2D eigenvalue weighted by molar-refractivity contribution is 0.568. The van der Waals surface area contributed by atoms with Gasteiger partial charge in [-0.1, -0.05) is 96.1 Å². The van der Waals surface area contributed by atoms with Crippen LogP contribution in [0.25, 0.3) is 60.1 Å². The van der Waals surface area contributed by atoms with Gasteiger partial charge in [0.25, 0.3) is 0 Å². The average Bonchev–Trinajstić information content (AvgIpc) is 3.41. The summed E-state index contributed by atoms with van der Waals surface area (Å²) in [5.41, 5.74) is 8.90. The van der Waals surface area contributed by atoms with Gasteiger partial charge in [-0.3, -0.25) is 0 Å². The Morgan fingerprint density at radius 2 is 1.18 bits per heavy atom. The minimum Gasteiger partial charge on any atom is -0.354 e. The minimum absolute atomic E-state index is 0.0475. The van der Waals surface area contributed by atoms with Crippen molar-refractivity contribution in [3.05, 3.63) is 102 Å². The maximum atomic E-state index is 3.69. The Morgan fingerprint density at radius 1 is 0.526 bits per heavy atom. The first-order valence-electron chi connectivity index (χ1n) is 13.6. The van der Waals surface area contributed by atoms with E-state index in [-0.39, 0.29) is 10.8 Å². The summed E-state index contributed by atoms with van der Waals surface area (Å²) in [5.74, 6) is 0. The monoisotopic (exact) mass is 494 g/mol. The maximum absolute atomic E-state index is 3.69. The summed E-state index contributed by atoms with van der Waals surface area (Å²) in [6.45, 7) is 13.9. The van der Waals surface area contributed by atoms with Crippen molar-refractivity contribution in [1.82, 2.24) is 9.55 Å². The largest absolute Gasteiger partial charge is 0.354 e. The zero-order valence-corrected chi connectivity index (χ0v) is 23.1. The summed E-state index contributed by atoms with van der Waals surface area (Å²) in [6.07, 6.45) is 0. The van der Waals surface area contributed by atoms with Crippen molar-refractivity contribution in [2.24, 2.45) is 0 Å². The van der Waals surface area contributed by atoms with Crippen LogP contribution in [0.2, 0.25) is 0 Å². The Morgan fingerprint density at radius 3 is 1.89 bits per heavy atom. The number of aromatic nitrogens is 2. The van der Waals surface area contributed by atoms with Crippen LogP contribution in [0, 0.1) is 0 Å². The van der Waals surface area contributed by atoms with E-state index >= 15 is 0 Å². The third-order valence-electron chi connectivity index (χ3n) is 8.19. The van der Waals surface area contributed by atoms with Crippen molar-refractivity contribution in [3.63, 3.8) is 0 Å². The van der Waals surface area contributed by atoms with E-state index in [0.29, 0.717) is 0 Å². The van der Waals surface area contributed by atoms with Crippen molar-refractivity contribution < 1.29 is 0 Å². The molecule has 7 rings (SSSR count). The third-order valence-corrected chi connectivity index (χ3v) is 8.19. The molecule has 2 aromatic heterocycles. The van der Waals surface area contributed by atoms with Crippen LogP contribution in [0.15, 0.2) is 91.0 Å². The molecular formula is C36H34N2. The highest BCUT2D eigenvalue weighted by atomic mass is 15.0. The summed E-state index contributed by atoms with van der Waals surface area (Å²) in [4.78, 5) is 3.69. The number of hydrogen-bond donors (Lipinski definition) is 1. The Kier molecular flexibility index (Phi) is 4.70. The van der Waals surface area contributed by atoms with E-state index in [4.69, 9.17) is 0 Å². The summed E-state index contributed by atoms with van der Waals surface area (Å²) < 4.78 is 2.49. The molecule has 2 nitrogen and oxygen atoms in total. The number of nitrogens with one attached hydrogen (secondary N) is 1. The lowest BCUT2D eigenvalue weighted by Gasteiger charge is -2.26. The summed E-state index contributed by atoms with van der Waals surface area (Å²) in [7, 11) is 0. The fourth-order valence-corrected chi connectivity index (χ4v) is 6.02. The van der Waals surface area contributed by atoms with E-state index in [1.807, 2.05) is 0 Å². The number of aromatic amines is 1. The fraction of sp³-hybridized carbons (Fsp3) is 0.222. The van der Waals surface area contributed by atoms with Gasteiger partial charge in [0.15, 0.2) is 0 Å². The van der Waals surface area contributed by atoms with Crippen molar-refractivity contribution in [2.75, 3.05) is 0 Å². The van der Waals surface area contributed by atoms with Gasteiger partial charge in [-0.2, -0.15) is 0 Å². The standard InChI is InChI=1S/C36H34N2/c1-35(2,3)23-17-24(36(4,5)6)19-25(18-23)38-32-16-15-22-11-7-8-12-26(22)34(32)29-20-28-27-13-9-10-14-30(27)37-31(28)21-33(29)38/h7-21,37H,1-6H3. The summed E-state index contributed by atoms with van der Waals surface area (Å²) >= 11 is 0. The van der Waals surface area contributed by atoms with Gasteiger partial charge in [0.05, 0.1) is 11.0 Å². The molecule has 0 spiro atoms. The Hall–Kier alpha value is -4.04. The van der Waals surface area contributed by atoms with Crippen molar-refractivity contribution in [1.29, 1.82) is 0 Å². The highest BCUT2D eigenvalue weighted by Gasteiger charge is 2.23. The van der Waals surface area contributed by atoms with E-state index in [1.165, 1.54) is 71.2 Å². The summed E-state index contributed by atoms with van der Waals surface area (Å²) in [6, 6.07) is 34.0. The molecule has 5 aromatic carbocycles. The van der Waals surface area contributed by atoms with Crippen molar-refractivity contribution >= 4 is 54.4 Å². The van der Waals surface area contributed by atoms with Gasteiger partial charge < -0.3 is 9.55 Å². The maximum Gasteiger partial charge on any atom is 0.0562 e. The molecule has 7 aromatic rings. The molecule has 2 heteroatoms. The molecule has 0 saturated heterocycles. The first kappa shape index (κ1) is 23.1. The second-order valence-corrected chi connectivity index (χ2v) is 12.9. The molecule has 0 saturated carbocycles. The number of H-pyrrole nitrogens is 1. The second kappa shape index (κ2) is 7.74. The Balaban J connectivity index is 1.69. The topological polar surface area (TPSA) is 20.7 Å². The van der Waals surface area contributed by atoms with Crippen LogP contribution in [0.4, 0.5) is 0 Å². The number of hydrogen-bond acceptors (Lipinski definition) is 0. The summed E-state index contributed by atoms with van der Waals surface area (Å²) in [5, 5.41) is 7.75. The first-order chi connectivity index (χ1) is 18.1. The highest BCUT2D eigenvalue weighted by Crippen LogP contribution is 2.41. The average molecular weight is 495 g/mol. The molecular weight excluding hydrogens is 460 g/mol. The van der Waals surface area contributed by atoms with Crippen LogP contribution < -0.4 is 0 Å². The molecule has 0 aliphatic carbocycles. The first-order valence-corrected chi connectivity index (χ1v) is 13.6. The van der Waals surface area contributed by atoms with Gasteiger partial charge in [0.1, 0.15) is 0 Å². The van der Waals surface area contributed by atoms with Gasteiger partial charge in [-0.25, -0.2) is 0 Å². The molecule has 0 fully saturated rings. The molecule has 0 bridgehead atoms. The van der Waals surface area contributed by atoms with Crippen LogP contribution in [0.5, 0.6) is 0 Å². The lowest BCUT2D eigenvalue weighted by Crippen LogP contribution is -2.17. The van der Waals surface area contributed by atoms with E-state index in [1.54, 1.807) is 0 Å². The van der Waals surface area contributed by atoms with Crippen molar-refractivity contribution in [2.45, 2.75) is 52.4 Å². The number of para-hydroxylation sites is 1. The number of fused-ring (bicyclic) bond motifs is 8. The quantitative estimate of drug-likeness (QED) is 0.234. The predicted octanol–water partition coefficient (Wildman–Crippen LogP) is 10.2. The molecule has 2 heterocycles. The van der Waals surface area contributed by atoms with Gasteiger partial charge in [-0.05, 0) is 69.1 Å². The fourth-order valence-electron chi connectivity index (χ4n) is 6.02. The van der Waals surface area contributed by atoms with Crippen LogP contribution in [-0.2, 0) is 10.8 Å². The lowest BCUT2D eigenvalue weighted by atomic mass is 9.80. The SMILES string of the molecule is CC(C)(C)c1cc(-n2c3cc4[nH]c5ccccc5c4cc3c3c4ccccc4ccc32)cc(C(C)(C)C)c1. The Bertz CT molecular complexity index is 2000. The zero-order chi connectivity index (χ0) is 26.4. The highest BCUT2D eigenvalue weighted by molar-refractivity contribution is 6.25. The predicted molar refractivity (Wildman–Crippen MR) is 165 cm³/mol. The second-order valence-electron chi connectivity index (χ2n) is 12.9. The smallest absolute Gasteiger partial charge is 0.0562 e. The molecule has 0 atom stereocenters. The molecule has 0 aliphatic heterocycles. The van der Waals surface area contributed by atoms with Gasteiger partial charge >= 0.3 is 0 Å². The van der Waals surface area contributed by atoms with Crippen LogP contribution in [0.1, 0.15) is 52.7 Å². The molecule has 38 heavy (non-hydrogen) atoms. The molecule has 0 radical (unpaired) electrons. The molecule has 0 aliphatic rings. The number of rotatable bonds is 1. The number of benzene rings is 5. The molecule has 1 N–H and O–H groups in total. The number of nitrogens with zero attached hydrogens (tertiary/aromatic N) is 1. The van der Waals surface area contributed by atoms with Crippen LogP contribution in [-0.4, -0.2) is 9.55 Å². The van der Waals surface area contributed by atoms with Gasteiger partial charge in [0.2, 0.25) is 0 Å². The molecule has 0 unspecified atom stereocenters. The normalized spacial score (nSPS) is 13.0. The van der Waals surface area contributed by atoms with Crippen LogP contribution >= 0.6 is 0 Å². The zero-order valence-electron chi connectivity index (χ0n) is 23.1. The Labute approximate surface area is 223 Å².